The Morgan fingerprint density at radius 3 is 2.33 bits per heavy atom. The summed E-state index contributed by atoms with van der Waals surface area (Å²) in [4.78, 5) is 0. The van der Waals surface area contributed by atoms with Crippen molar-refractivity contribution >= 4 is 12.4 Å². The van der Waals surface area contributed by atoms with Gasteiger partial charge in [0.05, 0.1) is 12.6 Å². The number of hydrogen-bond acceptors (Lipinski definition) is 3. The van der Waals surface area contributed by atoms with Crippen molar-refractivity contribution in [1.82, 2.24) is 5.32 Å². The molecule has 0 aromatic heterocycles. The average Bonchev–Trinajstić information content (AvgIpc) is 2.22. The molecule has 1 saturated heterocycles. The highest BCUT2D eigenvalue weighted by Crippen LogP contribution is 2.30. The number of rotatable bonds is 1. The zero-order chi connectivity index (χ0) is 12.6. The third-order valence-corrected chi connectivity index (χ3v) is 2.95. The number of aliphatic hydroxyl groups is 1. The lowest BCUT2D eigenvalue weighted by molar-refractivity contribution is -0.253. The highest BCUT2D eigenvalue weighted by Gasteiger charge is 2.41. The zero-order valence-electron chi connectivity index (χ0n) is 10.1. The summed E-state index contributed by atoms with van der Waals surface area (Å²) >= 11 is 0. The molecule has 1 aliphatic heterocycles. The molecule has 1 aromatic rings. The van der Waals surface area contributed by atoms with Gasteiger partial charge in [0, 0.05) is 17.7 Å². The van der Waals surface area contributed by atoms with Crippen LogP contribution in [-0.4, -0.2) is 23.8 Å². The quantitative estimate of drug-likeness (QED) is 0.825. The van der Waals surface area contributed by atoms with Crippen LogP contribution in [-0.2, 0) is 10.5 Å². The van der Waals surface area contributed by atoms with Crippen LogP contribution in [0.1, 0.15) is 19.4 Å². The highest BCUT2D eigenvalue weighted by atomic mass is 35.5. The predicted molar refractivity (Wildman–Crippen MR) is 65.5 cm³/mol. The Morgan fingerprint density at radius 1 is 1.28 bits per heavy atom. The fourth-order valence-electron chi connectivity index (χ4n) is 2.06. The second kappa shape index (κ2) is 5.48. The van der Waals surface area contributed by atoms with Crippen LogP contribution in [0.25, 0.3) is 0 Å². The minimum absolute atomic E-state index is 0. The molecule has 2 unspecified atom stereocenters. The summed E-state index contributed by atoms with van der Waals surface area (Å²) in [5, 5.41) is 13.4. The van der Waals surface area contributed by atoms with Gasteiger partial charge in [-0.15, -0.1) is 12.4 Å². The minimum atomic E-state index is -1.70. The van der Waals surface area contributed by atoms with E-state index in [1.54, 1.807) is 6.92 Å². The SMILES string of the molecule is CC1CO[C@@](O)(c2cc(F)cc(F)c2)C(C)N1.Cl. The first-order chi connectivity index (χ1) is 7.91. The number of benzene rings is 1. The van der Waals surface area contributed by atoms with Gasteiger partial charge in [-0.25, -0.2) is 8.78 Å². The van der Waals surface area contributed by atoms with Gasteiger partial charge in [-0.3, -0.25) is 0 Å². The molecule has 0 aliphatic carbocycles. The van der Waals surface area contributed by atoms with Gasteiger partial charge in [0.1, 0.15) is 11.6 Å². The molecule has 0 spiro atoms. The summed E-state index contributed by atoms with van der Waals surface area (Å²) in [6, 6.07) is 2.56. The van der Waals surface area contributed by atoms with Crippen LogP contribution in [0.4, 0.5) is 8.78 Å². The van der Waals surface area contributed by atoms with Crippen LogP contribution < -0.4 is 5.32 Å². The first-order valence-electron chi connectivity index (χ1n) is 5.51. The van der Waals surface area contributed by atoms with E-state index in [1.165, 1.54) is 0 Å². The van der Waals surface area contributed by atoms with Crippen molar-refractivity contribution in [2.75, 3.05) is 6.61 Å². The highest BCUT2D eigenvalue weighted by molar-refractivity contribution is 5.85. The maximum atomic E-state index is 13.1. The van der Waals surface area contributed by atoms with Crippen LogP contribution in [0, 0.1) is 11.6 Å². The first-order valence-corrected chi connectivity index (χ1v) is 5.51. The van der Waals surface area contributed by atoms with Crippen molar-refractivity contribution in [3.8, 4) is 0 Å². The molecule has 2 rings (SSSR count). The number of hydrogen-bond donors (Lipinski definition) is 2. The van der Waals surface area contributed by atoms with Crippen LogP contribution >= 0.6 is 12.4 Å². The van der Waals surface area contributed by atoms with Crippen LogP contribution in [0.2, 0.25) is 0 Å². The molecule has 3 atom stereocenters. The number of morpholine rings is 1. The molecule has 1 fully saturated rings. The van der Waals surface area contributed by atoms with Crippen molar-refractivity contribution < 1.29 is 18.6 Å². The van der Waals surface area contributed by atoms with Gasteiger partial charge in [-0.1, -0.05) is 0 Å². The Bertz CT molecular complexity index is 412. The van der Waals surface area contributed by atoms with Crippen molar-refractivity contribution in [2.45, 2.75) is 31.7 Å². The molecule has 1 aromatic carbocycles. The summed E-state index contributed by atoms with van der Waals surface area (Å²) < 4.78 is 31.6. The Kier molecular flexibility index (Phi) is 4.66. The monoisotopic (exact) mass is 279 g/mol. The Labute approximate surface area is 111 Å². The fraction of sp³-hybridized carbons (Fsp3) is 0.500. The topological polar surface area (TPSA) is 41.5 Å². The molecule has 0 saturated carbocycles. The number of nitrogens with one attached hydrogen (secondary N) is 1. The lowest BCUT2D eigenvalue weighted by atomic mass is 9.96. The Morgan fingerprint density at radius 2 is 1.83 bits per heavy atom. The van der Waals surface area contributed by atoms with E-state index < -0.39 is 23.5 Å². The van der Waals surface area contributed by atoms with Crippen molar-refractivity contribution in [3.63, 3.8) is 0 Å². The van der Waals surface area contributed by atoms with Crippen molar-refractivity contribution in [1.29, 1.82) is 0 Å². The first kappa shape index (κ1) is 15.3. The zero-order valence-corrected chi connectivity index (χ0v) is 10.9. The second-order valence-corrected chi connectivity index (χ2v) is 4.45. The molecule has 2 N–H and O–H groups in total. The van der Waals surface area contributed by atoms with Gasteiger partial charge in [-0.05, 0) is 26.0 Å². The fourth-order valence-corrected chi connectivity index (χ4v) is 2.06. The number of halogens is 3. The summed E-state index contributed by atoms with van der Waals surface area (Å²) in [6.45, 7) is 3.89. The van der Waals surface area contributed by atoms with Gasteiger partial charge in [0.15, 0.2) is 0 Å². The van der Waals surface area contributed by atoms with Crippen LogP contribution in [0.3, 0.4) is 0 Å². The minimum Gasteiger partial charge on any atom is -0.361 e. The molecule has 0 bridgehead atoms. The largest absolute Gasteiger partial charge is 0.361 e. The molecular weight excluding hydrogens is 264 g/mol. The molecule has 0 amide bonds. The summed E-state index contributed by atoms with van der Waals surface area (Å²) in [5.74, 6) is -3.17. The van der Waals surface area contributed by atoms with E-state index in [-0.39, 0.29) is 30.6 Å². The van der Waals surface area contributed by atoms with Crippen molar-refractivity contribution in [2.24, 2.45) is 0 Å². The van der Waals surface area contributed by atoms with Gasteiger partial charge in [0.2, 0.25) is 5.79 Å². The molecular formula is C12H16ClF2NO2. The summed E-state index contributed by atoms with van der Waals surface area (Å²) in [5.41, 5.74) is 0.0851. The molecule has 18 heavy (non-hydrogen) atoms. The van der Waals surface area contributed by atoms with Crippen LogP contribution in [0.5, 0.6) is 0 Å². The molecule has 1 aliphatic rings. The molecule has 0 radical (unpaired) electrons. The van der Waals surface area contributed by atoms with E-state index in [1.807, 2.05) is 6.92 Å². The van der Waals surface area contributed by atoms with Crippen LogP contribution in [0.15, 0.2) is 18.2 Å². The maximum absolute atomic E-state index is 13.1. The smallest absolute Gasteiger partial charge is 0.208 e. The van der Waals surface area contributed by atoms with E-state index in [0.717, 1.165) is 18.2 Å². The Balaban J connectivity index is 0.00000162. The van der Waals surface area contributed by atoms with E-state index in [0.29, 0.717) is 0 Å². The Hall–Kier alpha value is -0.750. The second-order valence-electron chi connectivity index (χ2n) is 4.45. The molecule has 1 heterocycles. The lowest BCUT2D eigenvalue weighted by Crippen LogP contribution is -2.58. The summed E-state index contributed by atoms with van der Waals surface area (Å²) in [7, 11) is 0. The van der Waals surface area contributed by atoms with Gasteiger partial charge in [0.25, 0.3) is 0 Å². The molecule has 3 nitrogen and oxygen atoms in total. The van der Waals surface area contributed by atoms with E-state index in [4.69, 9.17) is 4.74 Å². The molecule has 6 heteroatoms. The predicted octanol–water partition coefficient (Wildman–Crippen LogP) is 1.93. The van der Waals surface area contributed by atoms with E-state index >= 15 is 0 Å². The van der Waals surface area contributed by atoms with Crippen molar-refractivity contribution in [3.05, 3.63) is 35.4 Å². The molecule has 102 valence electrons. The van der Waals surface area contributed by atoms with E-state index in [9.17, 15) is 13.9 Å². The van der Waals surface area contributed by atoms with Gasteiger partial charge >= 0.3 is 0 Å². The maximum Gasteiger partial charge on any atom is 0.208 e. The summed E-state index contributed by atoms with van der Waals surface area (Å²) in [6.07, 6.45) is 0. The standard InChI is InChI=1S/C12H15F2NO2.ClH/c1-7-6-17-12(16,8(2)15-7)9-3-10(13)5-11(14)4-9;/h3-5,7-8,15-16H,6H2,1-2H3;1H/t7?,8?,12-;/m1./s1. The normalized spacial score (nSPS) is 31.8. The number of ether oxygens (including phenoxy) is 1. The lowest BCUT2D eigenvalue weighted by Gasteiger charge is -2.41. The van der Waals surface area contributed by atoms with Gasteiger partial charge < -0.3 is 15.2 Å². The van der Waals surface area contributed by atoms with E-state index in [2.05, 4.69) is 5.32 Å². The third-order valence-electron chi connectivity index (χ3n) is 2.95. The average molecular weight is 280 g/mol. The third kappa shape index (κ3) is 2.80. The van der Waals surface area contributed by atoms with Gasteiger partial charge in [-0.2, -0.15) is 0 Å².